The molecule has 2 atom stereocenters. The number of hydrogen-bond acceptors (Lipinski definition) is 3. The molecular weight excluding hydrogens is 333 g/mol. The highest BCUT2D eigenvalue weighted by atomic mass is 19.1. The van der Waals surface area contributed by atoms with Crippen molar-refractivity contribution in [2.24, 2.45) is 13.0 Å². The number of halogens is 1. The number of anilines is 1. The average Bonchev–Trinajstić information content (AvgIpc) is 3.27. The van der Waals surface area contributed by atoms with E-state index < -0.39 is 12.1 Å². The lowest BCUT2D eigenvalue weighted by atomic mass is 10.1. The lowest BCUT2D eigenvalue weighted by Crippen LogP contribution is -2.15. The van der Waals surface area contributed by atoms with Crippen LogP contribution in [0.1, 0.15) is 12.0 Å². The van der Waals surface area contributed by atoms with Crippen LogP contribution in [-0.2, 0) is 11.8 Å². The molecule has 4 rings (SSSR count). The van der Waals surface area contributed by atoms with E-state index >= 15 is 0 Å². The summed E-state index contributed by atoms with van der Waals surface area (Å²) in [5, 5.41) is 3.65. The first-order valence-electron chi connectivity index (χ1n) is 8.53. The molecule has 0 aliphatic heterocycles. The first kappa shape index (κ1) is 16.6. The highest BCUT2D eigenvalue weighted by molar-refractivity contribution is 5.96. The number of alkyl halides is 1. The van der Waals surface area contributed by atoms with Crippen LogP contribution < -0.4 is 10.1 Å². The van der Waals surface area contributed by atoms with Gasteiger partial charge in [0.25, 0.3) is 0 Å². The van der Waals surface area contributed by atoms with Crippen molar-refractivity contribution in [3.63, 3.8) is 0 Å². The van der Waals surface area contributed by atoms with Crippen molar-refractivity contribution in [1.29, 1.82) is 0 Å². The van der Waals surface area contributed by atoms with Crippen molar-refractivity contribution >= 4 is 22.6 Å². The topological polar surface area (TPSA) is 56.1 Å². The summed E-state index contributed by atoms with van der Waals surface area (Å²) in [7, 11) is 3.62. The molecule has 1 aliphatic carbocycles. The number of pyridine rings is 1. The van der Waals surface area contributed by atoms with Gasteiger partial charge >= 0.3 is 0 Å². The van der Waals surface area contributed by atoms with Gasteiger partial charge in [-0.05, 0) is 37.6 Å². The number of ether oxygens (including phenoxy) is 1. The van der Waals surface area contributed by atoms with E-state index in [0.29, 0.717) is 12.2 Å². The number of aryl methyl sites for hydroxylation is 2. The first-order chi connectivity index (χ1) is 12.5. The predicted molar refractivity (Wildman–Crippen MR) is 99.1 cm³/mol. The smallest absolute Gasteiger partial charge is 0.231 e. The molecule has 0 spiro atoms. The lowest BCUT2D eigenvalue weighted by molar-refractivity contribution is -0.117. The minimum Gasteiger partial charge on any atom is -0.496 e. The number of carbonyl (C=O) groups is 1. The summed E-state index contributed by atoms with van der Waals surface area (Å²) in [5.41, 5.74) is 4.07. The van der Waals surface area contributed by atoms with Crippen molar-refractivity contribution in [3.05, 3.63) is 42.1 Å². The van der Waals surface area contributed by atoms with E-state index in [4.69, 9.17) is 4.74 Å². The second-order valence-electron chi connectivity index (χ2n) is 6.77. The summed E-state index contributed by atoms with van der Waals surface area (Å²) >= 11 is 0. The first-order valence-corrected chi connectivity index (χ1v) is 8.53. The maximum atomic E-state index is 13.0. The number of aromatic nitrogens is 2. The van der Waals surface area contributed by atoms with Gasteiger partial charge in [-0.15, -0.1) is 0 Å². The van der Waals surface area contributed by atoms with E-state index in [1.165, 1.54) is 0 Å². The molecule has 2 heterocycles. The van der Waals surface area contributed by atoms with Crippen LogP contribution in [0.15, 0.2) is 36.5 Å². The summed E-state index contributed by atoms with van der Waals surface area (Å²) in [6.07, 6.45) is 1.00. The van der Waals surface area contributed by atoms with Crippen LogP contribution in [-0.4, -0.2) is 28.7 Å². The molecule has 1 fully saturated rings. The number of benzene rings is 1. The fourth-order valence-electron chi connectivity index (χ4n) is 3.24. The van der Waals surface area contributed by atoms with Crippen LogP contribution in [0.4, 0.5) is 10.2 Å². The SMILES string of the molecule is COc1ccc(C)cc1-c1cc2cc(NC(=O)C3CC3F)ncc2n1C. The number of hydrogen-bond donors (Lipinski definition) is 1. The Morgan fingerprint density at radius 1 is 1.35 bits per heavy atom. The number of fused-ring (bicyclic) bond motifs is 1. The maximum Gasteiger partial charge on any atom is 0.231 e. The van der Waals surface area contributed by atoms with E-state index in [1.54, 1.807) is 13.3 Å². The Kier molecular flexibility index (Phi) is 3.90. The molecule has 1 aromatic carbocycles. The van der Waals surface area contributed by atoms with Gasteiger partial charge in [-0.1, -0.05) is 11.6 Å². The monoisotopic (exact) mass is 353 g/mol. The Morgan fingerprint density at radius 2 is 2.12 bits per heavy atom. The highest BCUT2D eigenvalue weighted by Crippen LogP contribution is 2.36. The van der Waals surface area contributed by atoms with Crippen LogP contribution in [0.25, 0.3) is 22.2 Å². The molecule has 1 amide bonds. The van der Waals surface area contributed by atoms with Crippen molar-refractivity contribution in [3.8, 4) is 17.0 Å². The minimum absolute atomic E-state index is 0.302. The van der Waals surface area contributed by atoms with Gasteiger partial charge in [-0.25, -0.2) is 9.37 Å². The largest absolute Gasteiger partial charge is 0.496 e. The third kappa shape index (κ3) is 2.81. The Hall–Kier alpha value is -2.89. The zero-order valence-electron chi connectivity index (χ0n) is 14.9. The van der Waals surface area contributed by atoms with Crippen LogP contribution in [0, 0.1) is 12.8 Å². The standard InChI is InChI=1S/C20H20FN3O2/c1-11-4-5-18(26-3)14(6-11)16-7-12-8-19(22-10-17(12)24(16)2)23-20(25)13-9-15(13)21/h4-8,10,13,15H,9H2,1-3H3,(H,22,23,25). The van der Waals surface area contributed by atoms with Crippen LogP contribution in [0.3, 0.4) is 0 Å². The Morgan fingerprint density at radius 3 is 2.81 bits per heavy atom. The van der Waals surface area contributed by atoms with Gasteiger partial charge in [0.15, 0.2) is 0 Å². The number of methoxy groups -OCH3 is 1. The highest BCUT2D eigenvalue weighted by Gasteiger charge is 2.43. The summed E-state index contributed by atoms with van der Waals surface area (Å²) < 4.78 is 20.6. The fourth-order valence-corrected chi connectivity index (χ4v) is 3.24. The van der Waals surface area contributed by atoms with Crippen molar-refractivity contribution in [2.45, 2.75) is 19.5 Å². The average molecular weight is 353 g/mol. The van der Waals surface area contributed by atoms with E-state index in [0.717, 1.165) is 33.5 Å². The Bertz CT molecular complexity index is 1010. The number of nitrogens with one attached hydrogen (secondary N) is 1. The molecule has 1 saturated carbocycles. The third-order valence-electron chi connectivity index (χ3n) is 4.86. The molecule has 0 saturated heterocycles. The molecular formula is C20H20FN3O2. The molecule has 2 aromatic heterocycles. The quantitative estimate of drug-likeness (QED) is 0.775. The molecule has 134 valence electrons. The predicted octanol–water partition coefficient (Wildman–Crippen LogP) is 3.85. The molecule has 0 bridgehead atoms. The fraction of sp³-hybridized carbons (Fsp3) is 0.300. The van der Waals surface area contributed by atoms with Crippen molar-refractivity contribution in [2.75, 3.05) is 12.4 Å². The maximum absolute atomic E-state index is 13.0. The van der Waals surface area contributed by atoms with Gasteiger partial charge in [0.2, 0.25) is 5.91 Å². The summed E-state index contributed by atoms with van der Waals surface area (Å²) in [5.74, 6) is 0.400. The van der Waals surface area contributed by atoms with Crippen LogP contribution >= 0.6 is 0 Å². The molecule has 3 aromatic rings. The molecule has 1 aliphatic rings. The van der Waals surface area contributed by atoms with Crippen molar-refractivity contribution < 1.29 is 13.9 Å². The van der Waals surface area contributed by atoms with Crippen LogP contribution in [0.2, 0.25) is 0 Å². The number of rotatable bonds is 4. The van der Waals surface area contributed by atoms with Gasteiger partial charge in [0, 0.05) is 18.0 Å². The van der Waals surface area contributed by atoms with Crippen LogP contribution in [0.5, 0.6) is 5.75 Å². The van der Waals surface area contributed by atoms with E-state index in [2.05, 4.69) is 16.4 Å². The zero-order valence-corrected chi connectivity index (χ0v) is 14.9. The second kappa shape index (κ2) is 6.12. The van der Waals surface area contributed by atoms with E-state index in [-0.39, 0.29) is 5.91 Å². The number of amides is 1. The van der Waals surface area contributed by atoms with Crippen molar-refractivity contribution in [1.82, 2.24) is 9.55 Å². The van der Waals surface area contributed by atoms with E-state index in [9.17, 15) is 9.18 Å². The van der Waals surface area contributed by atoms with Gasteiger partial charge in [-0.3, -0.25) is 4.79 Å². The van der Waals surface area contributed by atoms with Gasteiger partial charge in [-0.2, -0.15) is 0 Å². The molecule has 0 radical (unpaired) electrons. The van der Waals surface area contributed by atoms with Gasteiger partial charge in [0.1, 0.15) is 17.7 Å². The minimum atomic E-state index is -1.02. The molecule has 1 N–H and O–H groups in total. The van der Waals surface area contributed by atoms with Gasteiger partial charge < -0.3 is 14.6 Å². The summed E-state index contributed by atoms with van der Waals surface area (Å²) in [6.45, 7) is 2.04. The van der Waals surface area contributed by atoms with E-state index in [1.807, 2.05) is 42.8 Å². The lowest BCUT2D eigenvalue weighted by Gasteiger charge is -2.10. The molecule has 5 nitrogen and oxygen atoms in total. The number of carbonyl (C=O) groups excluding carboxylic acids is 1. The summed E-state index contributed by atoms with van der Waals surface area (Å²) in [4.78, 5) is 16.2. The Balaban J connectivity index is 1.73. The molecule has 26 heavy (non-hydrogen) atoms. The normalized spacial score (nSPS) is 18.8. The summed E-state index contributed by atoms with van der Waals surface area (Å²) in [6, 6.07) is 9.90. The zero-order chi connectivity index (χ0) is 18.4. The second-order valence-corrected chi connectivity index (χ2v) is 6.77. The molecule has 2 unspecified atom stereocenters. The van der Waals surface area contributed by atoms with Gasteiger partial charge in [0.05, 0.1) is 30.4 Å². The third-order valence-corrected chi connectivity index (χ3v) is 4.86. The Labute approximate surface area is 150 Å². The molecule has 6 heteroatoms. The number of nitrogens with zero attached hydrogens (tertiary/aromatic N) is 2.